The average molecular weight is 281 g/mol. The molecular formula is C18H23N3. The average Bonchev–Trinajstić information content (AvgIpc) is 2.86. The summed E-state index contributed by atoms with van der Waals surface area (Å²) < 4.78 is 2.23. The maximum absolute atomic E-state index is 5.58. The Morgan fingerprint density at radius 1 is 1.38 bits per heavy atom. The van der Waals surface area contributed by atoms with E-state index in [2.05, 4.69) is 47.9 Å². The third-order valence-corrected chi connectivity index (χ3v) is 4.42. The number of hydrogen-bond acceptors (Lipinski definition) is 2. The van der Waals surface area contributed by atoms with Crippen LogP contribution in [0.25, 0.3) is 11.0 Å². The normalized spacial score (nSPS) is 16.5. The quantitative estimate of drug-likeness (QED) is 0.875. The van der Waals surface area contributed by atoms with Crippen molar-refractivity contribution in [1.82, 2.24) is 14.9 Å². The molecule has 0 saturated carbocycles. The fourth-order valence-corrected chi connectivity index (χ4v) is 3.17. The molecule has 3 heteroatoms. The van der Waals surface area contributed by atoms with Gasteiger partial charge in [-0.15, -0.1) is 6.42 Å². The zero-order chi connectivity index (χ0) is 14.8. The first kappa shape index (κ1) is 14.2. The van der Waals surface area contributed by atoms with Gasteiger partial charge in [0, 0.05) is 5.92 Å². The molecule has 1 fully saturated rings. The van der Waals surface area contributed by atoms with Crippen LogP contribution < -0.4 is 5.32 Å². The summed E-state index contributed by atoms with van der Waals surface area (Å²) in [7, 11) is 0. The highest BCUT2D eigenvalue weighted by atomic mass is 15.1. The van der Waals surface area contributed by atoms with Gasteiger partial charge in [0.15, 0.2) is 0 Å². The zero-order valence-electron chi connectivity index (χ0n) is 12.9. The van der Waals surface area contributed by atoms with Crippen molar-refractivity contribution in [3.8, 4) is 12.3 Å². The van der Waals surface area contributed by atoms with Gasteiger partial charge in [0.2, 0.25) is 0 Å². The van der Waals surface area contributed by atoms with Crippen LogP contribution >= 0.6 is 0 Å². The highest BCUT2D eigenvalue weighted by molar-refractivity contribution is 5.77. The number of nitrogens with zero attached hydrogens (tertiary/aromatic N) is 2. The van der Waals surface area contributed by atoms with Gasteiger partial charge in [0.1, 0.15) is 5.82 Å². The van der Waals surface area contributed by atoms with Gasteiger partial charge in [-0.3, -0.25) is 0 Å². The molecule has 1 aromatic heterocycles. The van der Waals surface area contributed by atoms with Gasteiger partial charge < -0.3 is 9.88 Å². The van der Waals surface area contributed by atoms with Gasteiger partial charge in [-0.2, -0.15) is 0 Å². The van der Waals surface area contributed by atoms with Crippen LogP contribution in [0.1, 0.15) is 49.9 Å². The fraction of sp³-hybridized carbons (Fsp3) is 0.500. The van der Waals surface area contributed by atoms with Gasteiger partial charge in [-0.1, -0.05) is 25.8 Å². The molecule has 21 heavy (non-hydrogen) atoms. The van der Waals surface area contributed by atoms with Crippen molar-refractivity contribution in [1.29, 1.82) is 0 Å². The second kappa shape index (κ2) is 5.91. The minimum Gasteiger partial charge on any atom is -0.317 e. The van der Waals surface area contributed by atoms with E-state index >= 15 is 0 Å². The molecule has 110 valence electrons. The summed E-state index contributed by atoms with van der Waals surface area (Å²) in [4.78, 5) is 4.94. The van der Waals surface area contributed by atoms with Crippen LogP contribution in [0.2, 0.25) is 0 Å². The third-order valence-electron chi connectivity index (χ3n) is 4.42. The van der Waals surface area contributed by atoms with E-state index in [1.807, 2.05) is 0 Å². The molecule has 1 saturated heterocycles. The molecule has 0 atom stereocenters. The summed E-state index contributed by atoms with van der Waals surface area (Å²) >= 11 is 0. The molecule has 1 aliphatic heterocycles. The minimum atomic E-state index is 0.523. The second-order valence-corrected chi connectivity index (χ2v) is 6.19. The summed E-state index contributed by atoms with van der Waals surface area (Å²) in [6.07, 6.45) is 7.86. The van der Waals surface area contributed by atoms with Crippen LogP contribution in [0.3, 0.4) is 0 Å². The lowest BCUT2D eigenvalue weighted by Gasteiger charge is -2.22. The largest absolute Gasteiger partial charge is 0.317 e. The Kier molecular flexibility index (Phi) is 3.98. The maximum Gasteiger partial charge on any atom is 0.113 e. The Labute approximate surface area is 126 Å². The lowest BCUT2D eigenvalue weighted by molar-refractivity contribution is 0.436. The molecule has 3 nitrogen and oxygen atoms in total. The predicted octanol–water partition coefficient (Wildman–Crippen LogP) is 3.26. The van der Waals surface area contributed by atoms with Crippen LogP contribution in [-0.2, 0) is 6.54 Å². The lowest BCUT2D eigenvalue weighted by atomic mass is 9.97. The van der Waals surface area contributed by atoms with E-state index in [0.29, 0.717) is 18.4 Å². The van der Waals surface area contributed by atoms with Crippen molar-refractivity contribution in [2.24, 2.45) is 0 Å². The molecule has 1 aromatic carbocycles. The zero-order valence-corrected chi connectivity index (χ0v) is 12.9. The monoisotopic (exact) mass is 281 g/mol. The van der Waals surface area contributed by atoms with Crippen LogP contribution in [0, 0.1) is 12.3 Å². The van der Waals surface area contributed by atoms with E-state index in [9.17, 15) is 0 Å². The van der Waals surface area contributed by atoms with Crippen LogP contribution in [0.4, 0.5) is 0 Å². The van der Waals surface area contributed by atoms with Gasteiger partial charge in [0.05, 0.1) is 17.6 Å². The third kappa shape index (κ3) is 2.69. The van der Waals surface area contributed by atoms with E-state index < -0.39 is 0 Å². The van der Waals surface area contributed by atoms with Gasteiger partial charge in [0.25, 0.3) is 0 Å². The Hall–Kier alpha value is -1.79. The van der Waals surface area contributed by atoms with Crippen LogP contribution in [0.5, 0.6) is 0 Å². The first-order valence-electron chi connectivity index (χ1n) is 7.85. The van der Waals surface area contributed by atoms with E-state index in [1.54, 1.807) is 0 Å². The number of piperidine rings is 1. The number of nitrogens with one attached hydrogen (secondary N) is 1. The first-order chi connectivity index (χ1) is 10.2. The van der Waals surface area contributed by atoms with Crippen LogP contribution in [-0.4, -0.2) is 22.6 Å². The molecule has 3 rings (SSSR count). The number of terminal acetylenes is 1. The van der Waals surface area contributed by atoms with Gasteiger partial charge in [-0.05, 0) is 49.5 Å². The Balaban J connectivity index is 2.09. The number of benzene rings is 1. The standard InChI is InChI=1S/C18H23N3/c1-4-11-21-17-6-5-15(13(2)3)12-16(17)20-18(21)14-7-9-19-10-8-14/h1,5-6,12-14,19H,7-11H2,2-3H3. The van der Waals surface area contributed by atoms with Crippen molar-refractivity contribution in [3.63, 3.8) is 0 Å². The predicted molar refractivity (Wildman–Crippen MR) is 87.5 cm³/mol. The number of aromatic nitrogens is 2. The summed E-state index contributed by atoms with van der Waals surface area (Å²) in [6.45, 7) is 7.18. The molecule has 0 radical (unpaired) electrons. The molecule has 0 aliphatic carbocycles. The van der Waals surface area contributed by atoms with E-state index in [1.165, 1.54) is 16.9 Å². The highest BCUT2D eigenvalue weighted by Gasteiger charge is 2.22. The molecule has 2 heterocycles. The van der Waals surface area contributed by atoms with E-state index in [0.717, 1.165) is 31.4 Å². The van der Waals surface area contributed by atoms with Crippen molar-refractivity contribution in [2.45, 2.75) is 45.1 Å². The molecule has 0 unspecified atom stereocenters. The van der Waals surface area contributed by atoms with E-state index in [-0.39, 0.29) is 0 Å². The number of rotatable bonds is 3. The molecular weight excluding hydrogens is 258 g/mol. The molecule has 1 aliphatic rings. The van der Waals surface area contributed by atoms with Gasteiger partial charge >= 0.3 is 0 Å². The SMILES string of the molecule is C#CCn1c(C2CCNCC2)nc2cc(C(C)C)ccc21. The topological polar surface area (TPSA) is 29.9 Å². The van der Waals surface area contributed by atoms with Crippen molar-refractivity contribution in [2.75, 3.05) is 13.1 Å². The maximum atomic E-state index is 5.58. The van der Waals surface area contributed by atoms with Crippen molar-refractivity contribution >= 4 is 11.0 Å². The lowest BCUT2D eigenvalue weighted by Crippen LogP contribution is -2.28. The summed E-state index contributed by atoms with van der Waals surface area (Å²) in [5, 5.41) is 3.42. The molecule has 0 bridgehead atoms. The Morgan fingerprint density at radius 3 is 2.81 bits per heavy atom. The smallest absolute Gasteiger partial charge is 0.113 e. The molecule has 0 amide bonds. The molecule has 1 N–H and O–H groups in total. The van der Waals surface area contributed by atoms with Crippen LogP contribution in [0.15, 0.2) is 18.2 Å². The molecule has 0 spiro atoms. The Morgan fingerprint density at radius 2 is 2.14 bits per heavy atom. The van der Waals surface area contributed by atoms with Crippen molar-refractivity contribution < 1.29 is 0 Å². The summed E-state index contributed by atoms with van der Waals surface area (Å²) in [6, 6.07) is 6.60. The van der Waals surface area contributed by atoms with E-state index in [4.69, 9.17) is 11.4 Å². The highest BCUT2D eigenvalue weighted by Crippen LogP contribution is 2.29. The second-order valence-electron chi connectivity index (χ2n) is 6.19. The Bertz CT molecular complexity index is 670. The first-order valence-corrected chi connectivity index (χ1v) is 7.85. The summed E-state index contributed by atoms with van der Waals surface area (Å²) in [5.41, 5.74) is 3.60. The summed E-state index contributed by atoms with van der Waals surface area (Å²) in [5.74, 6) is 5.00. The molecule has 2 aromatic rings. The fourth-order valence-electron chi connectivity index (χ4n) is 3.17. The van der Waals surface area contributed by atoms with Gasteiger partial charge in [-0.25, -0.2) is 4.98 Å². The number of hydrogen-bond donors (Lipinski definition) is 1. The minimum absolute atomic E-state index is 0.523. The number of imidazole rings is 1. The van der Waals surface area contributed by atoms with Crippen molar-refractivity contribution in [3.05, 3.63) is 29.6 Å². The number of fused-ring (bicyclic) bond motifs is 1.